The van der Waals surface area contributed by atoms with Crippen LogP contribution in [0.3, 0.4) is 0 Å². The van der Waals surface area contributed by atoms with Crippen LogP contribution in [0.2, 0.25) is 0 Å². The van der Waals surface area contributed by atoms with Gasteiger partial charge in [0.25, 0.3) is 0 Å². The Morgan fingerprint density at radius 2 is 1.58 bits per heavy atom. The molecule has 0 spiro atoms. The monoisotopic (exact) mass is 343 g/mol. The Bertz CT molecular complexity index is 388. The van der Waals surface area contributed by atoms with Gasteiger partial charge in [-0.3, -0.25) is 14.5 Å². The number of carboxylic acids is 2. The van der Waals surface area contributed by atoms with Crippen LogP contribution in [-0.4, -0.2) is 84.3 Å². The molecule has 0 aromatic heterocycles. The third-order valence-electron chi connectivity index (χ3n) is 3.79. The highest BCUT2D eigenvalue weighted by Gasteiger charge is 2.10. The third kappa shape index (κ3) is 13.0. The maximum Gasteiger partial charge on any atom is 0.317 e. The highest BCUT2D eigenvalue weighted by Crippen LogP contribution is 2.07. The van der Waals surface area contributed by atoms with Crippen molar-refractivity contribution >= 4 is 11.9 Å². The van der Waals surface area contributed by atoms with Crippen LogP contribution in [0.25, 0.3) is 0 Å². The molecular weight excluding hydrogens is 310 g/mol. The van der Waals surface area contributed by atoms with Gasteiger partial charge in [0.1, 0.15) is 0 Å². The molecule has 0 saturated carbocycles. The van der Waals surface area contributed by atoms with Crippen LogP contribution in [-0.2, 0) is 9.59 Å². The average molecular weight is 343 g/mol. The average Bonchev–Trinajstić information content (AvgIpc) is 2.52. The summed E-state index contributed by atoms with van der Waals surface area (Å²) in [6.07, 6.45) is 2.82. The predicted octanol–water partition coefficient (Wildman–Crippen LogP) is 1.12. The summed E-state index contributed by atoms with van der Waals surface area (Å²) in [5, 5.41) is 20.3. The van der Waals surface area contributed by atoms with Crippen molar-refractivity contribution < 1.29 is 19.8 Å². The molecule has 7 nitrogen and oxygen atoms in total. The first-order valence-corrected chi connectivity index (χ1v) is 8.64. The Labute approximate surface area is 145 Å². The Morgan fingerprint density at radius 3 is 2.08 bits per heavy atom. The van der Waals surface area contributed by atoms with Crippen molar-refractivity contribution in [3.63, 3.8) is 0 Å². The van der Waals surface area contributed by atoms with E-state index in [0.29, 0.717) is 19.6 Å². The fourth-order valence-corrected chi connectivity index (χ4v) is 2.40. The quantitative estimate of drug-likeness (QED) is 0.286. The van der Waals surface area contributed by atoms with E-state index >= 15 is 0 Å². The Balaban J connectivity index is 4.11. The van der Waals surface area contributed by atoms with Crippen molar-refractivity contribution in [1.82, 2.24) is 15.1 Å². The summed E-state index contributed by atoms with van der Waals surface area (Å²) in [5.41, 5.74) is 1.12. The number of rotatable bonds is 16. The van der Waals surface area contributed by atoms with E-state index in [9.17, 15) is 9.59 Å². The lowest BCUT2D eigenvalue weighted by molar-refractivity contribution is -0.139. The van der Waals surface area contributed by atoms with Crippen LogP contribution < -0.4 is 5.32 Å². The molecule has 3 N–H and O–H groups in total. The molecule has 0 rings (SSSR count). The van der Waals surface area contributed by atoms with Crippen LogP contribution in [0.1, 0.15) is 33.1 Å². The van der Waals surface area contributed by atoms with Crippen LogP contribution in [0.15, 0.2) is 12.2 Å². The molecule has 7 heteroatoms. The number of hydrogen-bond donors (Lipinski definition) is 3. The van der Waals surface area contributed by atoms with Crippen LogP contribution >= 0.6 is 0 Å². The van der Waals surface area contributed by atoms with Crippen LogP contribution in [0.5, 0.6) is 0 Å². The van der Waals surface area contributed by atoms with Gasteiger partial charge in [0.15, 0.2) is 0 Å². The molecule has 0 atom stereocenters. The number of aliphatic carboxylic acids is 2. The topological polar surface area (TPSA) is 93.1 Å². The molecule has 0 aliphatic carbocycles. The molecule has 0 aliphatic heterocycles. The second-order valence-electron chi connectivity index (χ2n) is 5.92. The van der Waals surface area contributed by atoms with Crippen molar-refractivity contribution in [1.29, 1.82) is 0 Å². The molecule has 0 bridgehead atoms. The van der Waals surface area contributed by atoms with E-state index in [1.807, 2.05) is 4.90 Å². The van der Waals surface area contributed by atoms with E-state index in [1.54, 1.807) is 0 Å². The molecule has 0 amide bonds. The molecule has 0 heterocycles. The Hall–Kier alpha value is -1.44. The van der Waals surface area contributed by atoms with Crippen molar-refractivity contribution in [3.05, 3.63) is 12.2 Å². The zero-order valence-corrected chi connectivity index (χ0v) is 15.1. The molecule has 0 aliphatic rings. The first-order valence-electron chi connectivity index (χ1n) is 8.64. The number of carboxylic acid groups (broad SMARTS) is 2. The van der Waals surface area contributed by atoms with E-state index in [0.717, 1.165) is 44.5 Å². The first-order chi connectivity index (χ1) is 11.4. The molecule has 0 radical (unpaired) electrons. The molecule has 0 aromatic rings. The summed E-state index contributed by atoms with van der Waals surface area (Å²) in [5.74, 6) is -1.79. The van der Waals surface area contributed by atoms with Gasteiger partial charge in [0.2, 0.25) is 0 Å². The maximum absolute atomic E-state index is 10.9. The lowest BCUT2D eigenvalue weighted by Crippen LogP contribution is -2.38. The normalized spacial score (nSPS) is 11.2. The fourth-order valence-electron chi connectivity index (χ4n) is 2.40. The maximum atomic E-state index is 10.9. The van der Waals surface area contributed by atoms with Gasteiger partial charge in [-0.25, -0.2) is 0 Å². The van der Waals surface area contributed by atoms with E-state index in [2.05, 4.69) is 30.6 Å². The summed E-state index contributed by atoms with van der Waals surface area (Å²) < 4.78 is 0. The zero-order valence-electron chi connectivity index (χ0n) is 15.1. The van der Waals surface area contributed by atoms with Crippen molar-refractivity contribution in [3.8, 4) is 0 Å². The molecular formula is C17H33N3O4. The molecule has 0 fully saturated rings. The van der Waals surface area contributed by atoms with Crippen LogP contribution in [0.4, 0.5) is 0 Å². The van der Waals surface area contributed by atoms with E-state index < -0.39 is 11.9 Å². The standard InChI is InChI=1S/C17H33N3O4/c1-4-9-19(5-2)10-6-15(3)7-11-20(14-17(23)24)12-8-18-13-16(21)22/h18H,3-14H2,1-2H3,(H,21,22)(H,23,24). The highest BCUT2D eigenvalue weighted by atomic mass is 16.4. The number of nitrogens with zero attached hydrogens (tertiary/aromatic N) is 2. The molecule has 0 aromatic carbocycles. The van der Waals surface area contributed by atoms with Gasteiger partial charge in [-0.05, 0) is 32.4 Å². The minimum atomic E-state index is -0.916. The molecule has 0 saturated heterocycles. The van der Waals surface area contributed by atoms with E-state index in [4.69, 9.17) is 10.2 Å². The van der Waals surface area contributed by atoms with Gasteiger partial charge in [-0.1, -0.05) is 26.0 Å². The minimum absolute atomic E-state index is 0.0427. The van der Waals surface area contributed by atoms with Gasteiger partial charge < -0.3 is 20.4 Å². The lowest BCUT2D eigenvalue weighted by atomic mass is 10.1. The molecule has 0 unspecified atom stereocenters. The second-order valence-corrected chi connectivity index (χ2v) is 5.92. The number of hydrogen-bond acceptors (Lipinski definition) is 5. The summed E-state index contributed by atoms with van der Waals surface area (Å²) in [6.45, 7) is 12.9. The third-order valence-corrected chi connectivity index (χ3v) is 3.79. The number of nitrogens with one attached hydrogen (secondary N) is 1. The summed E-state index contributed by atoms with van der Waals surface area (Å²) >= 11 is 0. The SMILES string of the molecule is C=C(CCN(CC)CCC)CCN(CCNCC(=O)O)CC(=O)O. The summed E-state index contributed by atoms with van der Waals surface area (Å²) in [7, 11) is 0. The van der Waals surface area contributed by atoms with Gasteiger partial charge in [0.05, 0.1) is 13.1 Å². The van der Waals surface area contributed by atoms with Crippen molar-refractivity contribution in [2.45, 2.75) is 33.1 Å². The van der Waals surface area contributed by atoms with Crippen LogP contribution in [0, 0.1) is 0 Å². The second kappa shape index (κ2) is 13.9. The zero-order chi connectivity index (χ0) is 18.4. The Morgan fingerprint density at radius 1 is 0.958 bits per heavy atom. The summed E-state index contributed by atoms with van der Waals surface area (Å²) in [6, 6.07) is 0. The Kier molecular flexibility index (Phi) is 13.1. The predicted molar refractivity (Wildman–Crippen MR) is 95.4 cm³/mol. The minimum Gasteiger partial charge on any atom is -0.480 e. The van der Waals surface area contributed by atoms with Crippen molar-refractivity contribution in [2.24, 2.45) is 0 Å². The van der Waals surface area contributed by atoms with Gasteiger partial charge >= 0.3 is 11.9 Å². The van der Waals surface area contributed by atoms with Gasteiger partial charge in [0, 0.05) is 26.2 Å². The van der Waals surface area contributed by atoms with Crippen molar-refractivity contribution in [2.75, 3.05) is 52.4 Å². The smallest absolute Gasteiger partial charge is 0.317 e. The van der Waals surface area contributed by atoms with Gasteiger partial charge in [-0.15, -0.1) is 0 Å². The fraction of sp³-hybridized carbons (Fsp3) is 0.765. The molecule has 140 valence electrons. The van der Waals surface area contributed by atoms with E-state index in [-0.39, 0.29) is 13.1 Å². The van der Waals surface area contributed by atoms with E-state index in [1.165, 1.54) is 0 Å². The first kappa shape index (κ1) is 22.6. The highest BCUT2D eigenvalue weighted by molar-refractivity contribution is 5.69. The number of carbonyl (C=O) groups is 2. The largest absolute Gasteiger partial charge is 0.480 e. The van der Waals surface area contributed by atoms with Gasteiger partial charge in [-0.2, -0.15) is 0 Å². The molecule has 24 heavy (non-hydrogen) atoms. The summed E-state index contributed by atoms with van der Waals surface area (Å²) in [4.78, 5) is 25.6. The lowest BCUT2D eigenvalue weighted by Gasteiger charge is -2.22.